The van der Waals surface area contributed by atoms with Crippen LogP contribution >= 0.6 is 0 Å². The van der Waals surface area contributed by atoms with Gasteiger partial charge in [0.25, 0.3) is 0 Å². The third-order valence-corrected chi connectivity index (χ3v) is 6.05. The van der Waals surface area contributed by atoms with Crippen LogP contribution < -0.4 is 14.7 Å². The van der Waals surface area contributed by atoms with Crippen LogP contribution in [0.1, 0.15) is 19.4 Å². The molecule has 0 saturated heterocycles. The average molecular weight is 472 g/mol. The second kappa shape index (κ2) is 10.1. The first-order valence-corrected chi connectivity index (χ1v) is 10.3. The Bertz CT molecular complexity index is 1020. The summed E-state index contributed by atoms with van der Waals surface area (Å²) in [6.07, 6.45) is 6.86. The van der Waals surface area contributed by atoms with Crippen LogP contribution in [0, 0.1) is 10.8 Å². The number of rotatable bonds is 3. The molecule has 0 amide bonds. The van der Waals surface area contributed by atoms with Crippen LogP contribution in [0.15, 0.2) is 72.6 Å². The van der Waals surface area contributed by atoms with Crippen LogP contribution in [0.5, 0.6) is 0 Å². The van der Waals surface area contributed by atoms with Gasteiger partial charge in [0, 0.05) is 55.5 Å². The Morgan fingerprint density at radius 2 is 1.41 bits per heavy atom. The van der Waals surface area contributed by atoms with Crippen molar-refractivity contribution >= 4 is 29.2 Å². The fourth-order valence-corrected chi connectivity index (χ4v) is 4.55. The predicted molar refractivity (Wildman–Crippen MR) is 131 cm³/mol. The van der Waals surface area contributed by atoms with E-state index in [0.717, 1.165) is 11.5 Å². The van der Waals surface area contributed by atoms with Crippen LogP contribution in [-0.2, 0) is 22.5 Å². The third kappa shape index (κ3) is 4.45. The van der Waals surface area contributed by atoms with Crippen molar-refractivity contribution in [2.24, 2.45) is 0 Å². The number of aliphatic hydroxyl groups is 1. The van der Waals surface area contributed by atoms with E-state index >= 15 is 0 Å². The molecule has 1 radical (unpaired) electrons. The molecule has 0 aromatic heterocycles. The molecule has 7 heteroatoms. The van der Waals surface area contributed by atoms with Crippen molar-refractivity contribution in [2.45, 2.75) is 25.3 Å². The molecule has 3 N–H and O–H groups in total. The first kappa shape index (κ1) is 25.2. The van der Waals surface area contributed by atoms with Crippen molar-refractivity contribution in [3.8, 4) is 0 Å². The van der Waals surface area contributed by atoms with Gasteiger partial charge in [0.15, 0.2) is 0 Å². The molecule has 2 heterocycles. The largest absolute Gasteiger partial charge is 0.495 e. The molecule has 2 aliphatic heterocycles. The monoisotopic (exact) mass is 472 g/mol. The number of anilines is 3. The third-order valence-electron chi connectivity index (χ3n) is 6.05. The summed E-state index contributed by atoms with van der Waals surface area (Å²) in [7, 11) is 6.02. The minimum absolute atomic E-state index is 0. The van der Waals surface area contributed by atoms with Crippen molar-refractivity contribution in [1.82, 2.24) is 0 Å². The Labute approximate surface area is 201 Å². The van der Waals surface area contributed by atoms with Gasteiger partial charge in [-0.3, -0.25) is 5.41 Å². The minimum Gasteiger partial charge on any atom is -0.495 e. The van der Waals surface area contributed by atoms with Gasteiger partial charge in [-0.15, -0.1) is 0 Å². The molecule has 2 aromatic rings. The fraction of sp³-hybridized carbons (Fsp3) is 0.280. The van der Waals surface area contributed by atoms with Gasteiger partial charge in [-0.05, 0) is 35.9 Å². The first-order chi connectivity index (χ1) is 14.7. The molecule has 169 valence electrons. The van der Waals surface area contributed by atoms with Gasteiger partial charge in [0.2, 0.25) is 5.90 Å². The quantitative estimate of drug-likeness (QED) is 0.336. The Morgan fingerprint density at radius 1 is 0.906 bits per heavy atom. The molecule has 2 aliphatic rings. The zero-order chi connectivity index (χ0) is 22.8. The number of benzene rings is 2. The molecule has 0 bridgehead atoms. The summed E-state index contributed by atoms with van der Waals surface area (Å²) in [5, 5.41) is 23.9. The summed E-state index contributed by atoms with van der Waals surface area (Å²) >= 11 is 0. The summed E-state index contributed by atoms with van der Waals surface area (Å²) in [5.41, 5.74) is 4.50. The van der Waals surface area contributed by atoms with Gasteiger partial charge in [-0.1, -0.05) is 50.3 Å². The van der Waals surface area contributed by atoms with E-state index in [1.54, 1.807) is 6.08 Å². The number of hydrogen-bond acceptors (Lipinski definition) is 5. The molecule has 1 unspecified atom stereocenters. The van der Waals surface area contributed by atoms with Crippen molar-refractivity contribution in [3.63, 3.8) is 0 Å². The van der Waals surface area contributed by atoms with Gasteiger partial charge in [0.05, 0.1) is 11.4 Å². The SMILES string of the molecule is CN1C(=C/C=C/C=N)N(C)c2ccccc21.CN1c2ccccc2C(C)(C)C1C(=N)O.[Mn]. The van der Waals surface area contributed by atoms with Crippen LogP contribution in [-0.4, -0.2) is 44.4 Å². The second-order valence-electron chi connectivity index (χ2n) is 8.32. The molecule has 0 saturated carbocycles. The van der Waals surface area contributed by atoms with Crippen LogP contribution in [0.4, 0.5) is 17.1 Å². The Kier molecular flexibility index (Phi) is 7.94. The predicted octanol–water partition coefficient (Wildman–Crippen LogP) is 4.94. The normalized spacial score (nSPS) is 17.8. The summed E-state index contributed by atoms with van der Waals surface area (Å²) in [4.78, 5) is 6.25. The van der Waals surface area contributed by atoms with Gasteiger partial charge >= 0.3 is 0 Å². The summed E-state index contributed by atoms with van der Waals surface area (Å²) in [6, 6.07) is 16.1. The van der Waals surface area contributed by atoms with E-state index in [1.807, 2.05) is 68.5 Å². The van der Waals surface area contributed by atoms with E-state index < -0.39 is 0 Å². The van der Waals surface area contributed by atoms with Crippen molar-refractivity contribution in [3.05, 3.63) is 78.1 Å². The molecule has 32 heavy (non-hydrogen) atoms. The van der Waals surface area contributed by atoms with Gasteiger partial charge in [-0.2, -0.15) is 0 Å². The van der Waals surface area contributed by atoms with Gasteiger partial charge in [0.1, 0.15) is 11.9 Å². The average Bonchev–Trinajstić information content (AvgIpc) is 3.11. The molecule has 0 spiro atoms. The molecule has 0 aliphatic carbocycles. The van der Waals surface area contributed by atoms with E-state index in [9.17, 15) is 5.11 Å². The molecule has 2 aromatic carbocycles. The van der Waals surface area contributed by atoms with Crippen molar-refractivity contribution in [2.75, 3.05) is 35.8 Å². The standard InChI is InChI=1S/C13H15N3.C12H16N2O.Mn/c1-15-11-7-3-4-8-12(11)16(2)13(15)9-5-6-10-14;1-12(2)8-6-4-5-7-9(8)14(3)10(12)11(13)15;/h3-10,14H,1-2H3;4-7,10H,1-3H3,(H2,13,15);/b6-5+,14-10?;;. The van der Waals surface area contributed by atoms with Crippen LogP contribution in [0.25, 0.3) is 0 Å². The van der Waals surface area contributed by atoms with Crippen LogP contribution in [0.3, 0.4) is 0 Å². The zero-order valence-corrected chi connectivity index (χ0v) is 20.4. The summed E-state index contributed by atoms with van der Waals surface area (Å²) in [5.74, 6) is 0.845. The van der Waals surface area contributed by atoms with E-state index in [1.165, 1.54) is 23.2 Å². The number of allylic oxidation sites excluding steroid dienone is 3. The topological polar surface area (TPSA) is 77.7 Å². The number of aliphatic hydroxyl groups excluding tert-OH is 1. The number of hydrogen-bond donors (Lipinski definition) is 3. The Morgan fingerprint density at radius 3 is 1.88 bits per heavy atom. The van der Waals surface area contributed by atoms with Crippen molar-refractivity contribution in [1.29, 1.82) is 10.8 Å². The number of nitrogens with zero attached hydrogens (tertiary/aromatic N) is 3. The second-order valence-corrected chi connectivity index (χ2v) is 8.32. The van der Waals surface area contributed by atoms with Crippen molar-refractivity contribution < 1.29 is 22.2 Å². The summed E-state index contributed by atoms with van der Waals surface area (Å²) < 4.78 is 0. The number of nitrogens with one attached hydrogen (secondary N) is 2. The zero-order valence-electron chi connectivity index (χ0n) is 19.2. The van der Waals surface area contributed by atoms with E-state index in [2.05, 4.69) is 41.8 Å². The Hall–Kier alpha value is -3.02. The van der Waals surface area contributed by atoms with E-state index in [4.69, 9.17) is 10.8 Å². The molecule has 4 rings (SSSR count). The maximum atomic E-state index is 9.47. The minimum atomic E-state index is -0.265. The fourth-order valence-electron chi connectivity index (χ4n) is 4.55. The summed E-state index contributed by atoms with van der Waals surface area (Å²) in [6.45, 7) is 4.12. The smallest absolute Gasteiger partial charge is 0.202 e. The molecule has 6 nitrogen and oxygen atoms in total. The maximum absolute atomic E-state index is 9.47. The maximum Gasteiger partial charge on any atom is 0.202 e. The molecule has 0 fully saturated rings. The van der Waals surface area contributed by atoms with E-state index in [0.29, 0.717) is 0 Å². The number of likely N-dealkylation sites (N-methyl/N-ethyl adjacent to an activating group) is 1. The molecular formula is C25H31MnN5O. The molecular weight excluding hydrogens is 441 g/mol. The molecule has 1 atom stereocenters. The number of para-hydroxylation sites is 3. The van der Waals surface area contributed by atoms with Gasteiger partial charge < -0.3 is 25.2 Å². The van der Waals surface area contributed by atoms with Gasteiger partial charge in [-0.25, -0.2) is 0 Å². The first-order valence-electron chi connectivity index (χ1n) is 10.3. The van der Waals surface area contributed by atoms with Crippen LogP contribution in [0.2, 0.25) is 0 Å². The Balaban J connectivity index is 0.000000220. The van der Waals surface area contributed by atoms with E-state index in [-0.39, 0.29) is 34.4 Å². The number of fused-ring (bicyclic) bond motifs is 2.